The van der Waals surface area contributed by atoms with Crippen molar-refractivity contribution in [3.63, 3.8) is 0 Å². The van der Waals surface area contributed by atoms with Crippen molar-refractivity contribution in [1.82, 2.24) is 15.1 Å². The number of hydrogen-bond donors (Lipinski definition) is 1. The predicted octanol–water partition coefficient (Wildman–Crippen LogP) is 2.21. The maximum atomic E-state index is 13.3. The average Bonchev–Trinajstić information content (AvgIpc) is 3.37. The van der Waals surface area contributed by atoms with Gasteiger partial charge in [0.25, 0.3) is 0 Å². The molecule has 0 saturated heterocycles. The molecule has 0 spiro atoms. The van der Waals surface area contributed by atoms with E-state index in [1.54, 1.807) is 30.3 Å². The van der Waals surface area contributed by atoms with E-state index >= 15 is 0 Å². The van der Waals surface area contributed by atoms with E-state index in [4.69, 9.17) is 0 Å². The van der Waals surface area contributed by atoms with Gasteiger partial charge in [-0.1, -0.05) is 24.3 Å². The van der Waals surface area contributed by atoms with Crippen molar-refractivity contribution in [3.8, 4) is 0 Å². The number of fused-ring (bicyclic) bond motifs is 1. The Bertz CT molecular complexity index is 1010. The van der Waals surface area contributed by atoms with Gasteiger partial charge in [0.05, 0.1) is 11.7 Å². The molecule has 4 rings (SSSR count). The molecule has 0 bridgehead atoms. The fraction of sp³-hybridized carbons (Fsp3) is 0.211. The number of benzene rings is 2. The van der Waals surface area contributed by atoms with Gasteiger partial charge in [0, 0.05) is 17.3 Å². The number of nitrogens with one attached hydrogen (secondary N) is 1. The summed E-state index contributed by atoms with van der Waals surface area (Å²) in [6, 6.07) is 13.5. The second-order valence-corrected chi connectivity index (χ2v) is 6.25. The van der Waals surface area contributed by atoms with Crippen molar-refractivity contribution in [2.24, 2.45) is 0 Å². The van der Waals surface area contributed by atoms with Gasteiger partial charge < -0.3 is 5.32 Å². The normalized spacial score (nSPS) is 18.9. The van der Waals surface area contributed by atoms with E-state index < -0.39 is 0 Å². The Morgan fingerprint density at radius 1 is 1.24 bits per heavy atom. The Morgan fingerprint density at radius 2 is 2.08 bits per heavy atom. The summed E-state index contributed by atoms with van der Waals surface area (Å²) >= 11 is 0. The molecular formula is C19H16FN3O2. The molecule has 1 aromatic heterocycles. The molecule has 6 heteroatoms. The number of para-hydroxylation sites is 1. The lowest BCUT2D eigenvalue weighted by molar-refractivity contribution is -0.121. The highest BCUT2D eigenvalue weighted by molar-refractivity contribution is 5.81. The summed E-state index contributed by atoms with van der Waals surface area (Å²) in [4.78, 5) is 24.1. The van der Waals surface area contributed by atoms with Gasteiger partial charge in [-0.05, 0) is 36.2 Å². The summed E-state index contributed by atoms with van der Waals surface area (Å²) in [7, 11) is 0. The highest BCUT2D eigenvalue weighted by Crippen LogP contribution is 2.40. The molecule has 2 unspecified atom stereocenters. The first-order valence-corrected chi connectivity index (χ1v) is 8.11. The van der Waals surface area contributed by atoms with E-state index in [-0.39, 0.29) is 35.7 Å². The zero-order valence-electron chi connectivity index (χ0n) is 13.4. The molecule has 1 fully saturated rings. The lowest BCUT2D eigenvalue weighted by Crippen LogP contribution is -2.31. The number of hydrogen-bond acceptors (Lipinski definition) is 3. The van der Waals surface area contributed by atoms with Gasteiger partial charge in [0.2, 0.25) is 11.3 Å². The maximum absolute atomic E-state index is 13.3. The van der Waals surface area contributed by atoms with Crippen LogP contribution in [-0.2, 0) is 11.3 Å². The largest absolute Gasteiger partial charge is 0.351 e. The molecule has 5 nitrogen and oxygen atoms in total. The van der Waals surface area contributed by atoms with Crippen LogP contribution in [0.5, 0.6) is 0 Å². The molecule has 2 aromatic carbocycles. The van der Waals surface area contributed by atoms with Crippen LogP contribution < -0.4 is 10.7 Å². The molecule has 1 amide bonds. The fourth-order valence-electron chi connectivity index (χ4n) is 3.14. The third kappa shape index (κ3) is 3.15. The first-order chi connectivity index (χ1) is 12.1. The van der Waals surface area contributed by atoms with E-state index in [0.29, 0.717) is 10.9 Å². The van der Waals surface area contributed by atoms with Crippen molar-refractivity contribution < 1.29 is 9.18 Å². The second kappa shape index (κ2) is 6.12. The van der Waals surface area contributed by atoms with Gasteiger partial charge in [0.1, 0.15) is 12.4 Å². The van der Waals surface area contributed by atoms with Crippen LogP contribution in [0.25, 0.3) is 10.9 Å². The van der Waals surface area contributed by atoms with Gasteiger partial charge in [-0.3, -0.25) is 14.3 Å². The lowest BCUT2D eigenvalue weighted by Gasteiger charge is -2.10. The standard InChI is InChI=1S/C19H16FN3O2/c20-13-5-3-4-12(8-13)15-9-16(15)22-19(25)11-23-17-7-2-1-6-14(17)18(24)10-21-23/h1-8,10,15-16H,9,11H2,(H,22,25). The van der Waals surface area contributed by atoms with Gasteiger partial charge in [-0.25, -0.2) is 4.39 Å². The molecule has 0 aliphatic heterocycles. The Labute approximate surface area is 143 Å². The molecule has 25 heavy (non-hydrogen) atoms. The molecular weight excluding hydrogens is 321 g/mol. The van der Waals surface area contributed by atoms with E-state index in [1.807, 2.05) is 6.07 Å². The van der Waals surface area contributed by atoms with Crippen molar-refractivity contribution in [3.05, 3.63) is 76.3 Å². The lowest BCUT2D eigenvalue weighted by atomic mass is 10.1. The van der Waals surface area contributed by atoms with Crippen LogP contribution in [-0.4, -0.2) is 21.7 Å². The van der Waals surface area contributed by atoms with Crippen molar-refractivity contribution in [2.75, 3.05) is 0 Å². The highest BCUT2D eigenvalue weighted by Gasteiger charge is 2.39. The van der Waals surface area contributed by atoms with Gasteiger partial charge in [0.15, 0.2) is 0 Å². The SMILES string of the molecule is O=C(Cn1ncc(=O)c2ccccc21)NC1CC1c1cccc(F)c1. The minimum atomic E-state index is -0.265. The summed E-state index contributed by atoms with van der Waals surface area (Å²) < 4.78 is 14.8. The molecule has 1 N–H and O–H groups in total. The summed E-state index contributed by atoms with van der Waals surface area (Å²) in [6.45, 7) is 0.0349. The average molecular weight is 337 g/mol. The van der Waals surface area contributed by atoms with E-state index in [2.05, 4.69) is 10.4 Å². The third-order valence-electron chi connectivity index (χ3n) is 4.47. The number of amides is 1. The quantitative estimate of drug-likeness (QED) is 0.794. The number of aromatic nitrogens is 2. The topological polar surface area (TPSA) is 64.0 Å². The smallest absolute Gasteiger partial charge is 0.241 e. The minimum Gasteiger partial charge on any atom is -0.351 e. The Hall–Kier alpha value is -3.02. The molecule has 3 aromatic rings. The summed E-state index contributed by atoms with van der Waals surface area (Å²) in [5.41, 5.74) is 1.36. The zero-order valence-corrected chi connectivity index (χ0v) is 13.4. The Morgan fingerprint density at radius 3 is 2.92 bits per heavy atom. The van der Waals surface area contributed by atoms with Crippen LogP contribution in [0.2, 0.25) is 0 Å². The molecule has 1 aliphatic rings. The van der Waals surface area contributed by atoms with Crippen LogP contribution in [0, 0.1) is 5.82 Å². The summed E-state index contributed by atoms with van der Waals surface area (Å²) in [5, 5.41) is 7.54. The van der Waals surface area contributed by atoms with E-state index in [0.717, 1.165) is 12.0 Å². The van der Waals surface area contributed by atoms with Crippen molar-refractivity contribution in [1.29, 1.82) is 0 Å². The Kier molecular flexibility index (Phi) is 3.80. The van der Waals surface area contributed by atoms with Crippen molar-refractivity contribution >= 4 is 16.8 Å². The van der Waals surface area contributed by atoms with Crippen LogP contribution in [0.4, 0.5) is 4.39 Å². The maximum Gasteiger partial charge on any atom is 0.241 e. The van der Waals surface area contributed by atoms with E-state index in [1.165, 1.54) is 23.0 Å². The molecule has 2 atom stereocenters. The third-order valence-corrected chi connectivity index (χ3v) is 4.47. The minimum absolute atomic E-state index is 0.0138. The Balaban J connectivity index is 1.46. The molecule has 1 aliphatic carbocycles. The number of carbonyl (C=O) groups is 1. The molecule has 1 saturated carbocycles. The van der Waals surface area contributed by atoms with Gasteiger partial charge in [-0.15, -0.1) is 0 Å². The number of rotatable bonds is 4. The van der Waals surface area contributed by atoms with Crippen molar-refractivity contribution in [2.45, 2.75) is 24.9 Å². The summed E-state index contributed by atoms with van der Waals surface area (Å²) in [6.07, 6.45) is 2.02. The molecule has 126 valence electrons. The first kappa shape index (κ1) is 15.5. The summed E-state index contributed by atoms with van der Waals surface area (Å²) in [5.74, 6) is -0.290. The fourth-order valence-corrected chi connectivity index (χ4v) is 3.14. The molecule has 0 radical (unpaired) electrons. The van der Waals surface area contributed by atoms with Crippen LogP contribution in [0.15, 0.2) is 59.5 Å². The number of carbonyl (C=O) groups excluding carboxylic acids is 1. The van der Waals surface area contributed by atoms with Crippen LogP contribution >= 0.6 is 0 Å². The first-order valence-electron chi connectivity index (χ1n) is 8.11. The molecule has 1 heterocycles. The highest BCUT2D eigenvalue weighted by atomic mass is 19.1. The zero-order chi connectivity index (χ0) is 17.4. The monoisotopic (exact) mass is 337 g/mol. The van der Waals surface area contributed by atoms with Gasteiger partial charge >= 0.3 is 0 Å². The predicted molar refractivity (Wildman–Crippen MR) is 91.7 cm³/mol. The van der Waals surface area contributed by atoms with Crippen LogP contribution in [0.1, 0.15) is 17.9 Å². The second-order valence-electron chi connectivity index (χ2n) is 6.25. The number of halogens is 1. The number of nitrogens with zero attached hydrogens (tertiary/aromatic N) is 2. The van der Waals surface area contributed by atoms with Gasteiger partial charge in [-0.2, -0.15) is 5.10 Å². The van der Waals surface area contributed by atoms with Crippen LogP contribution in [0.3, 0.4) is 0 Å². The van der Waals surface area contributed by atoms with E-state index in [9.17, 15) is 14.0 Å².